The van der Waals surface area contributed by atoms with Gasteiger partial charge >= 0.3 is 0 Å². The Balaban J connectivity index is 2.33. The Hall–Kier alpha value is 0.0900. The van der Waals surface area contributed by atoms with E-state index in [4.69, 9.17) is 0 Å². The second-order valence-corrected chi connectivity index (χ2v) is 7.69. The summed E-state index contributed by atoms with van der Waals surface area (Å²) in [7, 11) is -3.32. The molecule has 1 heterocycles. The molecule has 0 saturated carbocycles. The fourth-order valence-corrected chi connectivity index (χ4v) is 4.21. The van der Waals surface area contributed by atoms with Crippen molar-refractivity contribution in [1.29, 1.82) is 0 Å². The van der Waals surface area contributed by atoms with Crippen molar-refractivity contribution in [2.75, 3.05) is 13.1 Å². The van der Waals surface area contributed by atoms with Crippen molar-refractivity contribution < 1.29 is 8.42 Å². The van der Waals surface area contributed by atoms with E-state index in [2.05, 4.69) is 31.9 Å². The highest BCUT2D eigenvalue weighted by atomic mass is 79.9. The summed E-state index contributed by atoms with van der Waals surface area (Å²) < 4.78 is 27.9. The highest BCUT2D eigenvalue weighted by Gasteiger charge is 2.26. The average molecular weight is 383 g/mol. The predicted octanol–water partition coefficient (Wildman–Crippen LogP) is 3.39. The molecule has 1 fully saturated rings. The SMILES string of the molecule is O=S(=O)(c1ccc(Br)c(Br)c1)N1CCCCC1. The molecule has 0 aliphatic carbocycles. The molecular formula is C11H13Br2NO2S. The van der Waals surface area contributed by atoms with Gasteiger partial charge in [-0.1, -0.05) is 6.42 Å². The second-order valence-electron chi connectivity index (χ2n) is 4.04. The molecule has 0 amide bonds. The van der Waals surface area contributed by atoms with Crippen LogP contribution in [0.15, 0.2) is 32.0 Å². The molecular weight excluding hydrogens is 370 g/mol. The van der Waals surface area contributed by atoms with Gasteiger partial charge < -0.3 is 0 Å². The molecule has 0 unspecified atom stereocenters. The van der Waals surface area contributed by atoms with Gasteiger partial charge in [0, 0.05) is 22.0 Å². The Morgan fingerprint density at radius 3 is 2.24 bits per heavy atom. The van der Waals surface area contributed by atoms with Crippen LogP contribution in [0.4, 0.5) is 0 Å². The van der Waals surface area contributed by atoms with Crippen LogP contribution in [0.2, 0.25) is 0 Å². The molecule has 2 rings (SSSR count). The highest BCUT2D eigenvalue weighted by Crippen LogP contribution is 2.28. The van der Waals surface area contributed by atoms with Gasteiger partial charge in [0.15, 0.2) is 0 Å². The van der Waals surface area contributed by atoms with E-state index in [0.29, 0.717) is 18.0 Å². The predicted molar refractivity (Wildman–Crippen MR) is 74.5 cm³/mol. The number of halogens is 2. The molecule has 6 heteroatoms. The fourth-order valence-electron chi connectivity index (χ4n) is 1.89. The molecule has 0 N–H and O–H groups in total. The third-order valence-electron chi connectivity index (χ3n) is 2.84. The van der Waals surface area contributed by atoms with Gasteiger partial charge in [-0.2, -0.15) is 4.31 Å². The minimum Gasteiger partial charge on any atom is -0.207 e. The van der Waals surface area contributed by atoms with Crippen molar-refractivity contribution in [2.45, 2.75) is 24.2 Å². The lowest BCUT2D eigenvalue weighted by atomic mass is 10.2. The first-order valence-corrected chi connectivity index (χ1v) is 8.49. The molecule has 1 aromatic rings. The van der Waals surface area contributed by atoms with Crippen LogP contribution < -0.4 is 0 Å². The van der Waals surface area contributed by atoms with Gasteiger partial charge in [-0.25, -0.2) is 8.42 Å². The summed E-state index contributed by atoms with van der Waals surface area (Å²) in [5.74, 6) is 0. The van der Waals surface area contributed by atoms with E-state index in [1.54, 1.807) is 22.5 Å². The Kier molecular flexibility index (Phi) is 4.28. The van der Waals surface area contributed by atoms with Gasteiger partial charge in [-0.05, 0) is 62.9 Å². The largest absolute Gasteiger partial charge is 0.243 e. The van der Waals surface area contributed by atoms with Crippen molar-refractivity contribution in [3.05, 3.63) is 27.1 Å². The van der Waals surface area contributed by atoms with Gasteiger partial charge in [0.2, 0.25) is 10.0 Å². The summed E-state index contributed by atoms with van der Waals surface area (Å²) in [5.41, 5.74) is 0. The van der Waals surface area contributed by atoms with Gasteiger partial charge in [0.25, 0.3) is 0 Å². The van der Waals surface area contributed by atoms with Crippen molar-refractivity contribution in [1.82, 2.24) is 4.31 Å². The molecule has 0 radical (unpaired) electrons. The number of rotatable bonds is 2. The third-order valence-corrected chi connectivity index (χ3v) is 6.62. The summed E-state index contributed by atoms with van der Waals surface area (Å²) in [6, 6.07) is 5.04. The second kappa shape index (κ2) is 5.38. The van der Waals surface area contributed by atoms with Gasteiger partial charge in [0.1, 0.15) is 0 Å². The Bertz CT molecular complexity index is 510. The zero-order valence-electron chi connectivity index (χ0n) is 9.20. The van der Waals surface area contributed by atoms with Crippen LogP contribution in [-0.2, 0) is 10.0 Å². The number of nitrogens with zero attached hydrogens (tertiary/aromatic N) is 1. The minimum absolute atomic E-state index is 0.356. The number of piperidine rings is 1. The van der Waals surface area contributed by atoms with E-state index in [9.17, 15) is 8.42 Å². The molecule has 17 heavy (non-hydrogen) atoms. The molecule has 0 bridgehead atoms. The zero-order chi connectivity index (χ0) is 12.5. The summed E-state index contributed by atoms with van der Waals surface area (Å²) in [6.45, 7) is 1.27. The van der Waals surface area contributed by atoms with Crippen LogP contribution in [-0.4, -0.2) is 25.8 Å². The first-order valence-electron chi connectivity index (χ1n) is 5.47. The van der Waals surface area contributed by atoms with Crippen LogP contribution >= 0.6 is 31.9 Å². The first-order chi connectivity index (χ1) is 8.01. The van der Waals surface area contributed by atoms with Crippen molar-refractivity contribution in [2.24, 2.45) is 0 Å². The quantitative estimate of drug-likeness (QED) is 0.786. The van der Waals surface area contributed by atoms with Gasteiger partial charge in [-0.15, -0.1) is 0 Å². The Labute approximate surface area is 119 Å². The molecule has 1 aliphatic heterocycles. The lowest BCUT2D eigenvalue weighted by molar-refractivity contribution is 0.346. The first kappa shape index (κ1) is 13.5. The van der Waals surface area contributed by atoms with E-state index in [-0.39, 0.29) is 0 Å². The van der Waals surface area contributed by atoms with E-state index in [0.717, 1.165) is 28.2 Å². The van der Waals surface area contributed by atoms with E-state index < -0.39 is 10.0 Å². The van der Waals surface area contributed by atoms with Gasteiger partial charge in [0.05, 0.1) is 4.90 Å². The maximum Gasteiger partial charge on any atom is 0.243 e. The summed E-state index contributed by atoms with van der Waals surface area (Å²) in [4.78, 5) is 0.356. The molecule has 0 aromatic heterocycles. The molecule has 0 spiro atoms. The third kappa shape index (κ3) is 2.92. The van der Waals surface area contributed by atoms with Crippen molar-refractivity contribution >= 4 is 41.9 Å². The molecule has 94 valence electrons. The Morgan fingerprint density at radius 1 is 1.00 bits per heavy atom. The average Bonchev–Trinajstić information content (AvgIpc) is 2.33. The molecule has 1 aliphatic rings. The van der Waals surface area contributed by atoms with Crippen LogP contribution in [0.25, 0.3) is 0 Å². The van der Waals surface area contributed by atoms with Crippen LogP contribution in [0.5, 0.6) is 0 Å². The maximum absolute atomic E-state index is 12.3. The Morgan fingerprint density at radius 2 is 1.65 bits per heavy atom. The minimum atomic E-state index is -3.32. The van der Waals surface area contributed by atoms with Crippen molar-refractivity contribution in [3.63, 3.8) is 0 Å². The van der Waals surface area contributed by atoms with E-state index in [1.807, 2.05) is 0 Å². The fraction of sp³-hybridized carbons (Fsp3) is 0.455. The topological polar surface area (TPSA) is 37.4 Å². The lowest BCUT2D eigenvalue weighted by Gasteiger charge is -2.25. The maximum atomic E-state index is 12.3. The van der Waals surface area contributed by atoms with E-state index >= 15 is 0 Å². The lowest BCUT2D eigenvalue weighted by Crippen LogP contribution is -2.35. The highest BCUT2D eigenvalue weighted by molar-refractivity contribution is 9.13. The number of sulfonamides is 1. The van der Waals surface area contributed by atoms with Gasteiger partial charge in [-0.3, -0.25) is 0 Å². The zero-order valence-corrected chi connectivity index (χ0v) is 13.2. The molecule has 1 saturated heterocycles. The van der Waals surface area contributed by atoms with E-state index in [1.165, 1.54) is 0 Å². The van der Waals surface area contributed by atoms with Crippen molar-refractivity contribution in [3.8, 4) is 0 Å². The molecule has 3 nitrogen and oxygen atoms in total. The van der Waals surface area contributed by atoms with Crippen LogP contribution in [0, 0.1) is 0 Å². The number of hydrogen-bond acceptors (Lipinski definition) is 2. The standard InChI is InChI=1S/C11H13Br2NO2S/c12-10-5-4-9(8-11(10)13)17(15,16)14-6-2-1-3-7-14/h4-5,8H,1-3,6-7H2. The smallest absolute Gasteiger partial charge is 0.207 e. The monoisotopic (exact) mass is 381 g/mol. The normalized spacial score (nSPS) is 18.2. The summed E-state index contributed by atoms with van der Waals surface area (Å²) in [5, 5.41) is 0. The summed E-state index contributed by atoms with van der Waals surface area (Å²) in [6.07, 6.45) is 3.03. The van der Waals surface area contributed by atoms with Crippen LogP contribution in [0.1, 0.15) is 19.3 Å². The number of hydrogen-bond donors (Lipinski definition) is 0. The molecule has 0 atom stereocenters. The summed E-state index contributed by atoms with van der Waals surface area (Å²) >= 11 is 6.67. The van der Waals surface area contributed by atoms with Crippen LogP contribution in [0.3, 0.4) is 0 Å². The number of benzene rings is 1. The molecule has 1 aromatic carbocycles.